The number of carbonyl (C=O) groups is 7. The van der Waals surface area contributed by atoms with Crippen LogP contribution in [0.5, 0.6) is 0 Å². The predicted octanol–water partition coefficient (Wildman–Crippen LogP) is 18.1. The minimum Gasteiger partial charge on any atom is -0.359 e. The molecule has 3 fully saturated rings. The second-order valence-electron chi connectivity index (χ2n) is 26.9. The summed E-state index contributed by atoms with van der Waals surface area (Å²) in [6.07, 6.45) is 22.3. The molecule has 0 saturated heterocycles. The van der Waals surface area contributed by atoms with Crippen molar-refractivity contribution in [1.82, 2.24) is 20.6 Å². The number of nitrogens with two attached hydrogens (primary N) is 3. The zero-order valence-corrected chi connectivity index (χ0v) is 65.4. The summed E-state index contributed by atoms with van der Waals surface area (Å²) in [5, 5.41) is 4.86. The first kappa shape index (κ1) is 92.5. The van der Waals surface area contributed by atoms with E-state index in [0.717, 1.165) is 38.5 Å². The molecule has 0 radical (unpaired) electrons. The zero-order chi connectivity index (χ0) is 75.4. The van der Waals surface area contributed by atoms with Crippen molar-refractivity contribution in [1.29, 1.82) is 0 Å². The van der Waals surface area contributed by atoms with Gasteiger partial charge in [-0.3, -0.25) is 33.9 Å². The summed E-state index contributed by atoms with van der Waals surface area (Å²) in [6, 6.07) is 44.5. The molecule has 3 aliphatic rings. The maximum atomic E-state index is 11.4. The van der Waals surface area contributed by atoms with Crippen molar-refractivity contribution in [2.45, 2.75) is 219 Å². The van der Waals surface area contributed by atoms with Gasteiger partial charge in [-0.05, 0) is 126 Å². The molecule has 16 heteroatoms. The van der Waals surface area contributed by atoms with Crippen LogP contribution < -0.4 is 27.8 Å². The summed E-state index contributed by atoms with van der Waals surface area (Å²) in [5.41, 5.74) is 31.3. The number of hydrogen-bond acceptors (Lipinski definition) is 14. The van der Waals surface area contributed by atoms with Gasteiger partial charge in [0.15, 0.2) is 17.3 Å². The van der Waals surface area contributed by atoms with Gasteiger partial charge in [0.25, 0.3) is 0 Å². The van der Waals surface area contributed by atoms with Gasteiger partial charge in [0.1, 0.15) is 11.6 Å². The van der Waals surface area contributed by atoms with E-state index in [1.54, 1.807) is 36.8 Å². The molecule has 2 amide bonds. The van der Waals surface area contributed by atoms with Gasteiger partial charge in [-0.25, -0.2) is 0 Å². The van der Waals surface area contributed by atoms with E-state index in [-0.39, 0.29) is 76.6 Å². The Morgan fingerprint density at radius 2 is 0.590 bits per heavy atom. The number of benzene rings is 5. The van der Waals surface area contributed by atoms with Crippen LogP contribution in [0.25, 0.3) is 11.1 Å². The second-order valence-corrected chi connectivity index (χ2v) is 29.1. The Bertz CT molecular complexity index is 2970. The third-order valence-electron chi connectivity index (χ3n) is 17.3. The molecule has 0 atom stereocenters. The van der Waals surface area contributed by atoms with Gasteiger partial charge in [0.05, 0.1) is 30.7 Å². The first-order valence-corrected chi connectivity index (χ1v) is 37.2. The number of hydrogen-bond donors (Lipinski definition) is 5. The van der Waals surface area contributed by atoms with Gasteiger partial charge >= 0.3 is 0 Å². The van der Waals surface area contributed by atoms with Crippen molar-refractivity contribution in [2.24, 2.45) is 33.4 Å². The highest BCUT2D eigenvalue weighted by atomic mass is 32.1. The van der Waals surface area contributed by atoms with Crippen molar-refractivity contribution in [3.63, 3.8) is 0 Å². The quantitative estimate of drug-likeness (QED) is 0.0723. The lowest BCUT2D eigenvalue weighted by molar-refractivity contribution is -0.128. The summed E-state index contributed by atoms with van der Waals surface area (Å²) in [7, 11) is 3.12. The molecule has 7 aromatic rings. The molecule has 3 saturated carbocycles. The van der Waals surface area contributed by atoms with Crippen molar-refractivity contribution in [3.05, 3.63) is 200 Å². The van der Waals surface area contributed by atoms with Crippen molar-refractivity contribution in [2.75, 3.05) is 33.7 Å². The number of nitrogens with one attached hydrogen (secondary N) is 2. The van der Waals surface area contributed by atoms with Crippen LogP contribution >= 0.6 is 22.7 Å². The van der Waals surface area contributed by atoms with Crippen LogP contribution in [0.4, 0.5) is 0 Å². The molecular formula is C84H125N7O7S2. The number of ketones is 5. The van der Waals surface area contributed by atoms with E-state index in [9.17, 15) is 33.6 Å². The maximum Gasteiger partial charge on any atom is 0.220 e. The largest absolute Gasteiger partial charge is 0.359 e. The number of amides is 2. The van der Waals surface area contributed by atoms with Crippen LogP contribution in [0, 0.1) is 78.6 Å². The fourth-order valence-corrected chi connectivity index (χ4v) is 11.1. The van der Waals surface area contributed by atoms with E-state index in [2.05, 4.69) is 211 Å². The molecule has 0 bridgehead atoms. The molecule has 0 aliphatic heterocycles. The fraction of sp³-hybridized carbons (Fsp3) is 0.488. The van der Waals surface area contributed by atoms with E-state index in [4.69, 9.17) is 17.2 Å². The van der Waals surface area contributed by atoms with Crippen LogP contribution in [0.2, 0.25) is 0 Å². The number of carbonyl (C=O) groups excluding carboxylic acids is 7. The third kappa shape index (κ3) is 45.3. The number of Topliss-reactive ketones (excluding diaryl/α,β-unsaturated/α-hetero) is 5. The first-order chi connectivity index (χ1) is 47.4. The topological polar surface area (TPSA) is 247 Å². The molecule has 10 rings (SSSR count). The standard InChI is InChI=1S/C13H12.3C9H17NO.3C8H10.2C6H11NO2.2C4H5NS/c1-11-7-9-13(10-8-11)12-5-3-2-4-6-12;3*1-9(8(11)7-10)5-3-2-4-6-9;3*1-7-3-5-8(2)6-4-7;2*1-5(8)3-4-6(9)7-2;2*1-4-2-5-3-6-4/h2-10H,1H3;3*2-7,10H2,1H3;3*3-6H,1-2H3;2*3-4H2,1-2H3,(H,7,9);2*2-3H,1H3. The van der Waals surface area contributed by atoms with E-state index in [1.165, 1.54) is 131 Å². The molecule has 2 heterocycles. The Kier molecular flexibility index (Phi) is 50.2. The van der Waals surface area contributed by atoms with Crippen molar-refractivity contribution >= 4 is 63.4 Å². The Balaban J connectivity index is 0.00000109. The number of aryl methyl sites for hydroxylation is 9. The smallest absolute Gasteiger partial charge is 0.220 e. The minimum atomic E-state index is -0.0785. The average Bonchev–Trinajstić information content (AvgIpc) is 0.969. The number of thiazole rings is 2. The number of aromatic nitrogens is 2. The summed E-state index contributed by atoms with van der Waals surface area (Å²) in [5.74, 6) is 0.694. The Morgan fingerprint density at radius 3 is 0.770 bits per heavy atom. The molecular weight excluding hydrogens is 1280 g/mol. The number of rotatable bonds is 13. The Morgan fingerprint density at radius 1 is 0.360 bits per heavy atom. The van der Waals surface area contributed by atoms with E-state index >= 15 is 0 Å². The van der Waals surface area contributed by atoms with E-state index in [1.807, 2.05) is 43.3 Å². The highest BCUT2D eigenvalue weighted by molar-refractivity contribution is 7.09. The van der Waals surface area contributed by atoms with Crippen LogP contribution in [0.15, 0.2) is 151 Å². The molecule has 550 valence electrons. The summed E-state index contributed by atoms with van der Waals surface area (Å²) in [4.78, 5) is 85.8. The van der Waals surface area contributed by atoms with Crippen LogP contribution in [-0.4, -0.2) is 84.4 Å². The van der Waals surface area contributed by atoms with Gasteiger partial charge < -0.3 is 37.4 Å². The van der Waals surface area contributed by atoms with Gasteiger partial charge in [0, 0.05) is 78.2 Å². The fourth-order valence-electron chi connectivity index (χ4n) is 10.2. The summed E-state index contributed by atoms with van der Waals surface area (Å²) in [6.45, 7) is 28.5. The molecule has 8 N–H and O–H groups in total. The molecule has 14 nitrogen and oxygen atoms in total. The molecule has 3 aliphatic carbocycles. The summed E-state index contributed by atoms with van der Waals surface area (Å²) >= 11 is 3.33. The second kappa shape index (κ2) is 54.3. The predicted molar refractivity (Wildman–Crippen MR) is 422 cm³/mol. The normalized spacial score (nSPS) is 13.8. The third-order valence-corrected chi connectivity index (χ3v) is 18.7. The van der Waals surface area contributed by atoms with Crippen LogP contribution in [0.1, 0.15) is 205 Å². The molecule has 5 aromatic carbocycles. The van der Waals surface area contributed by atoms with E-state index < -0.39 is 0 Å². The van der Waals surface area contributed by atoms with Crippen LogP contribution in [0.3, 0.4) is 0 Å². The molecule has 2 aromatic heterocycles. The van der Waals surface area contributed by atoms with Crippen molar-refractivity contribution in [3.8, 4) is 11.1 Å². The lowest BCUT2D eigenvalue weighted by Gasteiger charge is -2.31. The van der Waals surface area contributed by atoms with Gasteiger partial charge in [-0.15, -0.1) is 22.7 Å². The van der Waals surface area contributed by atoms with Gasteiger partial charge in [-0.2, -0.15) is 0 Å². The highest BCUT2D eigenvalue weighted by Gasteiger charge is 2.34. The van der Waals surface area contributed by atoms with E-state index in [0.29, 0.717) is 25.7 Å². The maximum absolute atomic E-state index is 11.4. The number of nitrogens with zero attached hydrogens (tertiary/aromatic N) is 2. The van der Waals surface area contributed by atoms with Gasteiger partial charge in [0.2, 0.25) is 11.8 Å². The Labute approximate surface area is 610 Å². The molecule has 0 spiro atoms. The molecule has 0 unspecified atom stereocenters. The monoisotopic (exact) mass is 1410 g/mol. The first-order valence-electron chi connectivity index (χ1n) is 35.4. The SMILES string of the molecule is CC1(C(=O)CN)CCCCC1.CC1(C(=O)CN)CCCCC1.CC1(C(=O)CN)CCCCC1.CNC(=O)CCC(C)=O.CNC(=O)CCC(C)=O.Cc1ccc(-c2ccccc2)cc1.Cc1ccc(C)cc1.Cc1ccc(C)cc1.Cc1ccc(C)cc1.Cc1cncs1.Cc1cncs1. The molecule has 100 heavy (non-hydrogen) atoms. The highest BCUT2D eigenvalue weighted by Crippen LogP contribution is 2.38. The minimum absolute atomic E-state index is 0.0543. The van der Waals surface area contributed by atoms with Gasteiger partial charge in [-0.1, -0.05) is 245 Å². The summed E-state index contributed by atoms with van der Waals surface area (Å²) < 4.78 is 0. The lowest BCUT2D eigenvalue weighted by atomic mass is 9.73. The van der Waals surface area contributed by atoms with Crippen molar-refractivity contribution < 1.29 is 33.6 Å². The average molecular weight is 1410 g/mol. The van der Waals surface area contributed by atoms with Crippen LogP contribution in [-0.2, 0) is 33.6 Å². The zero-order valence-electron chi connectivity index (χ0n) is 63.8. The Hall–Kier alpha value is -7.47. The lowest BCUT2D eigenvalue weighted by Crippen LogP contribution is -2.35.